The van der Waals surface area contributed by atoms with Gasteiger partial charge >= 0.3 is 0 Å². The molecule has 0 saturated carbocycles. The summed E-state index contributed by atoms with van der Waals surface area (Å²) in [6.45, 7) is 0. The summed E-state index contributed by atoms with van der Waals surface area (Å²) in [5, 5.41) is 0.691. The Labute approximate surface area is 101 Å². The molecular formula is C11H7ClIN. The van der Waals surface area contributed by atoms with E-state index in [1.54, 1.807) is 6.20 Å². The van der Waals surface area contributed by atoms with E-state index in [1.165, 1.54) is 0 Å². The summed E-state index contributed by atoms with van der Waals surface area (Å²) < 4.78 is 0.950. The molecule has 1 aromatic heterocycles. The molecule has 0 bridgehead atoms. The molecule has 0 N–H and O–H groups in total. The summed E-state index contributed by atoms with van der Waals surface area (Å²) >= 11 is 8.24. The summed E-state index contributed by atoms with van der Waals surface area (Å²) in [7, 11) is 0. The van der Waals surface area contributed by atoms with Gasteiger partial charge in [-0.2, -0.15) is 0 Å². The van der Waals surface area contributed by atoms with Gasteiger partial charge < -0.3 is 0 Å². The highest BCUT2D eigenvalue weighted by molar-refractivity contribution is 14.1. The number of rotatable bonds is 1. The maximum atomic E-state index is 6.06. The molecule has 0 aliphatic heterocycles. The third-order valence-electron chi connectivity index (χ3n) is 1.91. The van der Waals surface area contributed by atoms with Gasteiger partial charge in [-0.25, -0.2) is 4.98 Å². The summed E-state index contributed by atoms with van der Waals surface area (Å²) in [6, 6.07) is 12.0. The first-order valence-electron chi connectivity index (χ1n) is 4.14. The van der Waals surface area contributed by atoms with Crippen molar-refractivity contribution < 1.29 is 0 Å². The van der Waals surface area contributed by atoms with Crippen molar-refractivity contribution in [2.24, 2.45) is 0 Å². The zero-order chi connectivity index (χ0) is 9.97. The number of benzene rings is 1. The van der Waals surface area contributed by atoms with E-state index in [0.717, 1.165) is 14.8 Å². The smallest absolute Gasteiger partial charge is 0.102 e. The fourth-order valence-corrected chi connectivity index (χ4v) is 1.92. The second-order valence-electron chi connectivity index (χ2n) is 2.85. The predicted octanol–water partition coefficient (Wildman–Crippen LogP) is 4.01. The van der Waals surface area contributed by atoms with Gasteiger partial charge in [-0.15, -0.1) is 0 Å². The van der Waals surface area contributed by atoms with Gasteiger partial charge in [0.15, 0.2) is 0 Å². The lowest BCUT2D eigenvalue weighted by molar-refractivity contribution is 1.27. The monoisotopic (exact) mass is 315 g/mol. The van der Waals surface area contributed by atoms with Crippen molar-refractivity contribution in [3.63, 3.8) is 0 Å². The number of pyridine rings is 1. The molecule has 1 nitrogen and oxygen atoms in total. The SMILES string of the molecule is Clc1cnc(I)cc1-c1ccccc1. The maximum Gasteiger partial charge on any atom is 0.102 e. The Hall–Kier alpha value is -0.610. The lowest BCUT2D eigenvalue weighted by atomic mass is 10.1. The Morgan fingerprint density at radius 2 is 1.86 bits per heavy atom. The Kier molecular flexibility index (Phi) is 3.03. The van der Waals surface area contributed by atoms with E-state index >= 15 is 0 Å². The first kappa shape index (κ1) is 9.93. The molecule has 0 radical (unpaired) electrons. The van der Waals surface area contributed by atoms with Gasteiger partial charge in [0.2, 0.25) is 0 Å². The lowest BCUT2D eigenvalue weighted by Crippen LogP contribution is -1.84. The third kappa shape index (κ3) is 2.07. The van der Waals surface area contributed by atoms with Gasteiger partial charge in [0.1, 0.15) is 3.70 Å². The quantitative estimate of drug-likeness (QED) is 0.572. The van der Waals surface area contributed by atoms with Crippen LogP contribution < -0.4 is 0 Å². The minimum Gasteiger partial charge on any atom is -0.249 e. The van der Waals surface area contributed by atoms with E-state index < -0.39 is 0 Å². The molecule has 1 aromatic carbocycles. The number of hydrogen-bond donors (Lipinski definition) is 0. The molecule has 0 aliphatic rings. The first-order chi connectivity index (χ1) is 6.77. The molecule has 2 rings (SSSR count). The molecule has 1 heterocycles. The third-order valence-corrected chi connectivity index (χ3v) is 2.80. The maximum absolute atomic E-state index is 6.06. The molecule has 0 unspecified atom stereocenters. The second-order valence-corrected chi connectivity index (χ2v) is 4.37. The van der Waals surface area contributed by atoms with Crippen LogP contribution in [0.3, 0.4) is 0 Å². The zero-order valence-electron chi connectivity index (χ0n) is 7.24. The minimum absolute atomic E-state index is 0.691. The average Bonchev–Trinajstić information content (AvgIpc) is 2.23. The molecule has 0 fully saturated rings. The van der Waals surface area contributed by atoms with Gasteiger partial charge in [0.05, 0.1) is 5.02 Å². The van der Waals surface area contributed by atoms with Gasteiger partial charge in [0, 0.05) is 11.8 Å². The van der Waals surface area contributed by atoms with E-state index in [9.17, 15) is 0 Å². The summed E-state index contributed by atoms with van der Waals surface area (Å²) in [5.74, 6) is 0. The zero-order valence-corrected chi connectivity index (χ0v) is 10.2. The minimum atomic E-state index is 0.691. The van der Waals surface area contributed by atoms with Crippen molar-refractivity contribution in [2.75, 3.05) is 0 Å². The molecule has 2 aromatic rings. The largest absolute Gasteiger partial charge is 0.249 e. The molecule has 14 heavy (non-hydrogen) atoms. The highest BCUT2D eigenvalue weighted by Crippen LogP contribution is 2.27. The van der Waals surface area contributed by atoms with E-state index in [1.807, 2.05) is 36.4 Å². The fourth-order valence-electron chi connectivity index (χ4n) is 1.25. The molecule has 3 heteroatoms. The van der Waals surface area contributed by atoms with Crippen molar-refractivity contribution in [2.45, 2.75) is 0 Å². The van der Waals surface area contributed by atoms with Crippen molar-refractivity contribution >= 4 is 34.2 Å². The normalized spacial score (nSPS) is 10.1. The Balaban J connectivity index is 2.57. The number of aromatic nitrogens is 1. The number of hydrogen-bond acceptors (Lipinski definition) is 1. The van der Waals surface area contributed by atoms with Crippen molar-refractivity contribution in [1.82, 2.24) is 4.98 Å². The molecular weight excluding hydrogens is 308 g/mol. The molecule has 0 aliphatic carbocycles. The standard InChI is InChI=1S/C11H7ClIN/c12-10-7-14-11(13)6-9(10)8-4-2-1-3-5-8/h1-7H. The molecule has 0 amide bonds. The Bertz CT molecular complexity index is 442. The van der Waals surface area contributed by atoms with Crippen molar-refractivity contribution in [3.05, 3.63) is 51.3 Å². The van der Waals surface area contributed by atoms with Crippen molar-refractivity contribution in [1.29, 1.82) is 0 Å². The van der Waals surface area contributed by atoms with Gasteiger partial charge in [-0.1, -0.05) is 41.9 Å². The van der Waals surface area contributed by atoms with E-state index in [0.29, 0.717) is 5.02 Å². The highest BCUT2D eigenvalue weighted by Gasteiger charge is 2.03. The predicted molar refractivity (Wildman–Crippen MR) is 67.4 cm³/mol. The van der Waals surface area contributed by atoms with Gasteiger partial charge in [0.25, 0.3) is 0 Å². The van der Waals surface area contributed by atoms with Crippen molar-refractivity contribution in [3.8, 4) is 11.1 Å². The van der Waals surface area contributed by atoms with Crippen LogP contribution in [0.15, 0.2) is 42.6 Å². The summed E-state index contributed by atoms with van der Waals surface area (Å²) in [4.78, 5) is 4.12. The molecule has 0 saturated heterocycles. The average molecular weight is 316 g/mol. The fraction of sp³-hybridized carbons (Fsp3) is 0. The molecule has 0 atom stereocenters. The first-order valence-corrected chi connectivity index (χ1v) is 5.59. The number of halogens is 2. The number of nitrogens with zero attached hydrogens (tertiary/aromatic N) is 1. The van der Waals surface area contributed by atoms with Crippen LogP contribution >= 0.6 is 34.2 Å². The van der Waals surface area contributed by atoms with Crippen LogP contribution in [0.4, 0.5) is 0 Å². The highest BCUT2D eigenvalue weighted by atomic mass is 127. The van der Waals surface area contributed by atoms with E-state index in [2.05, 4.69) is 27.6 Å². The van der Waals surface area contributed by atoms with Crippen LogP contribution in [0.1, 0.15) is 0 Å². The van der Waals surface area contributed by atoms with Crippen LogP contribution in [0.5, 0.6) is 0 Å². The van der Waals surface area contributed by atoms with Gasteiger partial charge in [-0.3, -0.25) is 0 Å². The lowest BCUT2D eigenvalue weighted by Gasteiger charge is -2.03. The van der Waals surface area contributed by atoms with Gasteiger partial charge in [-0.05, 0) is 34.2 Å². The van der Waals surface area contributed by atoms with Crippen LogP contribution in [0.2, 0.25) is 5.02 Å². The summed E-state index contributed by atoms with van der Waals surface area (Å²) in [6.07, 6.45) is 1.69. The van der Waals surface area contributed by atoms with Crippen LogP contribution in [-0.2, 0) is 0 Å². The summed E-state index contributed by atoms with van der Waals surface area (Å²) in [5.41, 5.74) is 2.16. The molecule has 0 spiro atoms. The second kappa shape index (κ2) is 4.28. The van der Waals surface area contributed by atoms with Crippen LogP contribution in [0.25, 0.3) is 11.1 Å². The topological polar surface area (TPSA) is 12.9 Å². The van der Waals surface area contributed by atoms with Crippen LogP contribution in [0, 0.1) is 3.70 Å². The Morgan fingerprint density at radius 3 is 2.57 bits per heavy atom. The molecule has 70 valence electrons. The van der Waals surface area contributed by atoms with Crippen LogP contribution in [-0.4, -0.2) is 4.98 Å². The van der Waals surface area contributed by atoms with E-state index in [4.69, 9.17) is 11.6 Å². The van der Waals surface area contributed by atoms with E-state index in [-0.39, 0.29) is 0 Å². The Morgan fingerprint density at radius 1 is 1.14 bits per heavy atom.